The van der Waals surface area contributed by atoms with Gasteiger partial charge in [0.15, 0.2) is 11.5 Å². The Morgan fingerprint density at radius 1 is 0.895 bits per heavy atom. The molecule has 0 aliphatic carbocycles. The van der Waals surface area contributed by atoms with E-state index < -0.39 is 5.60 Å². The second-order valence-electron chi connectivity index (χ2n) is 15.8. The third-order valence-corrected chi connectivity index (χ3v) is 11.5. The zero-order valence-electron chi connectivity index (χ0n) is 32.5. The quantitative estimate of drug-likeness (QED) is 0.103. The van der Waals surface area contributed by atoms with E-state index >= 15 is 0 Å². The molecule has 296 valence electrons. The molecule has 5 aromatic rings. The van der Waals surface area contributed by atoms with Crippen LogP contribution < -0.4 is 26.4 Å². The highest BCUT2D eigenvalue weighted by Crippen LogP contribution is 2.33. The number of amides is 2. The summed E-state index contributed by atoms with van der Waals surface area (Å²) in [6, 6.07) is 22.3. The summed E-state index contributed by atoms with van der Waals surface area (Å²) in [4.78, 5) is 56.0. The Bertz CT molecular complexity index is 2310. The monoisotopic (exact) mass is 770 g/mol. The van der Waals surface area contributed by atoms with Crippen molar-refractivity contribution in [1.29, 1.82) is 0 Å². The molecule has 0 bridgehead atoms. The van der Waals surface area contributed by atoms with Gasteiger partial charge in [0.1, 0.15) is 17.0 Å². The summed E-state index contributed by atoms with van der Waals surface area (Å²) in [6.07, 6.45) is 8.58. The maximum atomic E-state index is 13.4. The van der Waals surface area contributed by atoms with Crippen LogP contribution in [-0.2, 0) is 21.7 Å². The van der Waals surface area contributed by atoms with Crippen molar-refractivity contribution in [3.63, 3.8) is 0 Å². The lowest BCUT2D eigenvalue weighted by Gasteiger charge is -2.42. The highest BCUT2D eigenvalue weighted by Gasteiger charge is 2.30. The van der Waals surface area contributed by atoms with Crippen molar-refractivity contribution in [3.8, 4) is 5.82 Å². The van der Waals surface area contributed by atoms with Gasteiger partial charge in [0.05, 0.1) is 12.2 Å². The number of anilines is 4. The van der Waals surface area contributed by atoms with Crippen LogP contribution in [0.3, 0.4) is 0 Å². The minimum atomic E-state index is -1.16. The molecule has 14 heteroatoms. The van der Waals surface area contributed by atoms with Crippen molar-refractivity contribution in [2.45, 2.75) is 82.5 Å². The van der Waals surface area contributed by atoms with E-state index in [-0.39, 0.29) is 30.0 Å². The molecule has 14 nitrogen and oxygen atoms in total. The molecule has 3 fully saturated rings. The molecule has 57 heavy (non-hydrogen) atoms. The van der Waals surface area contributed by atoms with Crippen molar-refractivity contribution in [1.82, 2.24) is 34.5 Å². The first-order chi connectivity index (χ1) is 27.5. The van der Waals surface area contributed by atoms with Crippen molar-refractivity contribution in [2.75, 3.05) is 41.7 Å². The minimum absolute atomic E-state index is 0.202. The number of hydrogen-bond donors (Lipinski definition) is 4. The Hall–Kier alpha value is -5.86. The van der Waals surface area contributed by atoms with Gasteiger partial charge in [-0.2, -0.15) is 4.98 Å². The van der Waals surface area contributed by atoms with Crippen molar-refractivity contribution < 1.29 is 14.7 Å². The largest absolute Gasteiger partial charge is 0.384 e. The molecule has 3 aliphatic heterocycles. The summed E-state index contributed by atoms with van der Waals surface area (Å²) in [5, 5.41) is 20.0. The first-order valence-corrected chi connectivity index (χ1v) is 19.9. The predicted molar refractivity (Wildman–Crippen MR) is 221 cm³/mol. The predicted octanol–water partition coefficient (Wildman–Crippen LogP) is 5.20. The molecular formula is C43H50N10O4. The Balaban J connectivity index is 0.856. The minimum Gasteiger partial charge on any atom is -0.384 e. The normalized spacial score (nSPS) is 18.8. The van der Waals surface area contributed by atoms with E-state index in [0.29, 0.717) is 53.3 Å². The summed E-state index contributed by atoms with van der Waals surface area (Å²) < 4.78 is 3.17. The summed E-state index contributed by atoms with van der Waals surface area (Å²) in [5.41, 5.74) is 3.72. The number of fused-ring (bicyclic) bond motifs is 1. The number of pyridine rings is 1. The number of nitrogens with one attached hydrogen (secondary N) is 3. The van der Waals surface area contributed by atoms with Crippen LogP contribution in [0.4, 0.5) is 23.0 Å². The first kappa shape index (κ1) is 38.0. The van der Waals surface area contributed by atoms with Gasteiger partial charge in [-0.1, -0.05) is 24.3 Å². The van der Waals surface area contributed by atoms with Gasteiger partial charge in [0, 0.05) is 48.8 Å². The fraction of sp³-hybridized carbons (Fsp3) is 0.395. The van der Waals surface area contributed by atoms with Crippen LogP contribution in [0.2, 0.25) is 0 Å². The molecule has 0 spiro atoms. The molecule has 1 unspecified atom stereocenters. The number of rotatable bonds is 11. The van der Waals surface area contributed by atoms with E-state index in [2.05, 4.69) is 78.7 Å². The van der Waals surface area contributed by atoms with E-state index in [1.165, 1.54) is 22.1 Å². The third-order valence-electron chi connectivity index (χ3n) is 11.5. The van der Waals surface area contributed by atoms with E-state index in [1.807, 2.05) is 12.1 Å². The van der Waals surface area contributed by atoms with Gasteiger partial charge in [-0.05, 0) is 119 Å². The van der Waals surface area contributed by atoms with Crippen LogP contribution >= 0.6 is 0 Å². The van der Waals surface area contributed by atoms with Gasteiger partial charge in [0.25, 0.3) is 5.56 Å². The average molecular weight is 771 g/mol. The average Bonchev–Trinajstić information content (AvgIpc) is 3.49. The highest BCUT2D eigenvalue weighted by molar-refractivity contribution is 6.01. The van der Waals surface area contributed by atoms with Crippen LogP contribution in [0, 0.1) is 0 Å². The van der Waals surface area contributed by atoms with Crippen molar-refractivity contribution >= 4 is 45.9 Å². The maximum absolute atomic E-state index is 13.4. The number of piperidine rings is 3. The summed E-state index contributed by atoms with van der Waals surface area (Å²) in [6.45, 7) is 11.6. The van der Waals surface area contributed by atoms with Crippen LogP contribution in [-0.4, -0.2) is 84.4 Å². The molecule has 4 N–H and O–H groups in total. The van der Waals surface area contributed by atoms with E-state index in [0.717, 1.165) is 63.2 Å². The Labute approximate surface area is 331 Å². The van der Waals surface area contributed by atoms with Gasteiger partial charge < -0.3 is 25.5 Å². The second-order valence-corrected chi connectivity index (χ2v) is 15.8. The molecule has 6 heterocycles. The number of aliphatic hydroxyl groups is 1. The molecule has 0 saturated carbocycles. The lowest BCUT2D eigenvalue weighted by molar-refractivity contribution is -0.133. The number of aromatic nitrogens is 5. The molecule has 2 amide bonds. The van der Waals surface area contributed by atoms with Gasteiger partial charge in [-0.3, -0.25) is 19.7 Å². The Morgan fingerprint density at radius 3 is 2.30 bits per heavy atom. The fourth-order valence-corrected chi connectivity index (χ4v) is 8.35. The Morgan fingerprint density at radius 2 is 1.61 bits per heavy atom. The van der Waals surface area contributed by atoms with Crippen LogP contribution in [0.1, 0.15) is 69.5 Å². The maximum Gasteiger partial charge on any atom is 0.278 e. The summed E-state index contributed by atoms with van der Waals surface area (Å²) in [7, 11) is 0. The zero-order valence-corrected chi connectivity index (χ0v) is 32.5. The molecule has 0 radical (unpaired) electrons. The topological polar surface area (TPSA) is 163 Å². The fourth-order valence-electron chi connectivity index (χ4n) is 8.35. The SMILES string of the molecule is C=CCn1c(=O)c2cnc(Nc3ccc(N4CCC(N5CCC(c6ccc(NC7CCC(=O)NC7=O)cc6)CC5)CC4)cc3)nc2n1-c1cccc(C(C)(C)O)n1. The number of likely N-dealkylation sites (tertiary alicyclic amines) is 1. The molecule has 3 aromatic heterocycles. The number of carbonyl (C=O) groups excluding carboxylic acids is 2. The number of benzene rings is 2. The first-order valence-electron chi connectivity index (χ1n) is 19.9. The molecule has 3 aliphatic rings. The van der Waals surface area contributed by atoms with E-state index in [9.17, 15) is 19.5 Å². The third kappa shape index (κ3) is 8.19. The van der Waals surface area contributed by atoms with Gasteiger partial charge in [-0.25, -0.2) is 19.3 Å². The number of allylic oxidation sites excluding steroid dienone is 1. The van der Waals surface area contributed by atoms with E-state index in [1.54, 1.807) is 42.8 Å². The standard InChI is InChI=1S/C43H50N10O4/c1-4-22-52-41(56)34-27-44-42(49-39(34)53(52)37-7-5-6-36(47-37)43(2,3)57)46-31-12-14-32(15-13-31)51-25-20-33(21-26-51)50-23-18-29(19-24-50)28-8-10-30(11-9-28)45-35-16-17-38(54)48-40(35)55/h4-15,27,29,33,35,45,57H,1,16-26H2,2-3H3,(H,44,46,49)(H,48,54,55). The lowest BCUT2D eigenvalue weighted by Crippen LogP contribution is -2.47. The smallest absolute Gasteiger partial charge is 0.278 e. The number of carbonyl (C=O) groups is 2. The number of hydrogen-bond acceptors (Lipinski definition) is 11. The van der Waals surface area contributed by atoms with Crippen LogP contribution in [0.15, 0.2) is 90.4 Å². The molecule has 2 aromatic carbocycles. The van der Waals surface area contributed by atoms with Crippen LogP contribution in [0.5, 0.6) is 0 Å². The van der Waals surface area contributed by atoms with Gasteiger partial charge in [0.2, 0.25) is 17.8 Å². The molecule has 1 atom stereocenters. The van der Waals surface area contributed by atoms with Crippen molar-refractivity contribution in [3.05, 3.63) is 107 Å². The van der Waals surface area contributed by atoms with Gasteiger partial charge in [-0.15, -0.1) is 6.58 Å². The summed E-state index contributed by atoms with van der Waals surface area (Å²) >= 11 is 0. The zero-order chi connectivity index (χ0) is 39.7. The van der Waals surface area contributed by atoms with Crippen molar-refractivity contribution in [2.24, 2.45) is 0 Å². The summed E-state index contributed by atoms with van der Waals surface area (Å²) in [5.74, 6) is 0.879. The van der Waals surface area contributed by atoms with E-state index in [4.69, 9.17) is 4.98 Å². The highest BCUT2D eigenvalue weighted by atomic mass is 16.3. The second kappa shape index (κ2) is 15.9. The molecule has 3 saturated heterocycles. The number of imide groups is 1. The Kier molecular flexibility index (Phi) is 10.6. The van der Waals surface area contributed by atoms with Crippen LogP contribution in [0.25, 0.3) is 16.9 Å². The van der Waals surface area contributed by atoms with Gasteiger partial charge >= 0.3 is 0 Å². The molecule has 8 rings (SSSR count). The lowest BCUT2D eigenvalue weighted by atomic mass is 9.88. The molecular weight excluding hydrogens is 721 g/mol. The number of nitrogens with zero attached hydrogens (tertiary/aromatic N) is 7.